The minimum Gasteiger partial charge on any atom is -0.422 e. The lowest BCUT2D eigenvalue weighted by Crippen LogP contribution is -1.91. The van der Waals surface area contributed by atoms with Crippen LogP contribution in [0.4, 0.5) is 5.88 Å². The summed E-state index contributed by atoms with van der Waals surface area (Å²) >= 11 is 5.87. The zero-order chi connectivity index (χ0) is 14.5. The van der Waals surface area contributed by atoms with Crippen LogP contribution in [0.3, 0.4) is 0 Å². The van der Waals surface area contributed by atoms with Crippen LogP contribution in [0.15, 0.2) is 33.8 Å². The lowest BCUT2D eigenvalue weighted by molar-refractivity contribution is 0.481. The van der Waals surface area contributed by atoms with Gasteiger partial charge in [-0.05, 0) is 17.7 Å². The van der Waals surface area contributed by atoms with Gasteiger partial charge in [-0.15, -0.1) is 0 Å². The van der Waals surface area contributed by atoms with Gasteiger partial charge in [0, 0.05) is 10.9 Å². The normalized spacial score (nSPS) is 10.9. The molecular weight excluding hydrogens is 276 g/mol. The molecule has 0 spiro atoms. The molecule has 0 aliphatic rings. The summed E-state index contributed by atoms with van der Waals surface area (Å²) in [6.07, 6.45) is 1.59. The van der Waals surface area contributed by atoms with Crippen LogP contribution in [0, 0.1) is 11.3 Å². The summed E-state index contributed by atoms with van der Waals surface area (Å²) in [5, 5.41) is 13.6. The van der Waals surface area contributed by atoms with E-state index in [9.17, 15) is 0 Å². The average Bonchev–Trinajstić information content (AvgIpc) is 2.82. The third-order valence-electron chi connectivity index (χ3n) is 2.47. The van der Waals surface area contributed by atoms with E-state index >= 15 is 0 Å². The summed E-state index contributed by atoms with van der Waals surface area (Å²) in [4.78, 5) is 4.08. The molecule has 0 fully saturated rings. The third-order valence-corrected chi connectivity index (χ3v) is 2.71. The van der Waals surface area contributed by atoms with Crippen molar-refractivity contribution in [2.24, 2.45) is 5.10 Å². The van der Waals surface area contributed by atoms with E-state index in [0.29, 0.717) is 10.9 Å². The Hall–Kier alpha value is -2.32. The van der Waals surface area contributed by atoms with Crippen molar-refractivity contribution in [3.8, 4) is 6.07 Å². The van der Waals surface area contributed by atoms with Gasteiger partial charge in [-0.3, -0.25) is 0 Å². The number of aromatic nitrogens is 1. The van der Waals surface area contributed by atoms with Crippen molar-refractivity contribution in [2.45, 2.75) is 19.8 Å². The highest BCUT2D eigenvalue weighted by molar-refractivity contribution is 6.30. The van der Waals surface area contributed by atoms with E-state index in [1.165, 1.54) is 0 Å². The minimum absolute atomic E-state index is 0.106. The van der Waals surface area contributed by atoms with Crippen LogP contribution in [-0.2, 0) is 0 Å². The third kappa shape index (κ3) is 3.37. The fraction of sp³-hybridized carbons (Fsp3) is 0.214. The van der Waals surface area contributed by atoms with Gasteiger partial charge in [0.25, 0.3) is 5.88 Å². The second-order valence-electron chi connectivity index (χ2n) is 4.42. The van der Waals surface area contributed by atoms with Gasteiger partial charge in [-0.25, -0.2) is 10.4 Å². The maximum atomic E-state index is 8.98. The lowest BCUT2D eigenvalue weighted by atomic mass is 10.2. The van der Waals surface area contributed by atoms with Crippen LogP contribution in [0.25, 0.3) is 0 Å². The molecule has 0 aliphatic heterocycles. The summed E-state index contributed by atoms with van der Waals surface area (Å²) in [5.74, 6) is 0.853. The molecule has 1 N–H and O–H groups in total. The number of hydrogen-bond acceptors (Lipinski definition) is 5. The number of nitrogens with zero attached hydrogens (tertiary/aromatic N) is 3. The molecule has 0 unspecified atom stereocenters. The summed E-state index contributed by atoms with van der Waals surface area (Å²) in [5.41, 5.74) is 3.71. The smallest absolute Gasteiger partial charge is 0.252 e. The van der Waals surface area contributed by atoms with Crippen LogP contribution in [0.5, 0.6) is 0 Å². The van der Waals surface area contributed by atoms with Crippen molar-refractivity contribution in [3.05, 3.63) is 46.4 Å². The van der Waals surface area contributed by atoms with Crippen molar-refractivity contribution < 1.29 is 4.42 Å². The average molecular weight is 289 g/mol. The van der Waals surface area contributed by atoms with E-state index in [0.717, 1.165) is 5.56 Å². The highest BCUT2D eigenvalue weighted by Gasteiger charge is 2.14. The number of benzene rings is 1. The second-order valence-corrected chi connectivity index (χ2v) is 4.86. The van der Waals surface area contributed by atoms with E-state index in [1.54, 1.807) is 18.3 Å². The molecule has 2 aromatic rings. The topological polar surface area (TPSA) is 74.2 Å². The van der Waals surface area contributed by atoms with Gasteiger partial charge in [0.1, 0.15) is 6.07 Å². The Bertz CT molecular complexity index is 670. The molecule has 0 saturated heterocycles. The van der Waals surface area contributed by atoms with Crippen molar-refractivity contribution in [2.75, 3.05) is 5.43 Å². The van der Waals surface area contributed by atoms with Crippen LogP contribution in [0.2, 0.25) is 5.02 Å². The van der Waals surface area contributed by atoms with E-state index in [-0.39, 0.29) is 17.5 Å². The van der Waals surface area contributed by atoms with E-state index < -0.39 is 0 Å². The van der Waals surface area contributed by atoms with Crippen LogP contribution < -0.4 is 5.43 Å². The molecule has 0 aliphatic carbocycles. The van der Waals surface area contributed by atoms with Gasteiger partial charge in [0.15, 0.2) is 0 Å². The minimum atomic E-state index is 0.106. The number of nitriles is 1. The monoisotopic (exact) mass is 288 g/mol. The molecule has 6 heteroatoms. The highest BCUT2D eigenvalue weighted by atomic mass is 35.5. The molecule has 102 valence electrons. The Labute approximate surface area is 121 Å². The summed E-state index contributed by atoms with van der Waals surface area (Å²) < 4.78 is 5.44. The van der Waals surface area contributed by atoms with Gasteiger partial charge in [-0.1, -0.05) is 37.6 Å². The molecule has 0 saturated carbocycles. The van der Waals surface area contributed by atoms with Crippen LogP contribution >= 0.6 is 11.6 Å². The second kappa shape index (κ2) is 6.22. The number of nitrogens with one attached hydrogen (secondary N) is 1. The van der Waals surface area contributed by atoms with E-state index in [1.807, 2.05) is 32.0 Å². The van der Waals surface area contributed by atoms with Crippen molar-refractivity contribution in [1.82, 2.24) is 4.98 Å². The first kappa shape index (κ1) is 14.1. The maximum absolute atomic E-state index is 8.98. The Kier molecular flexibility index (Phi) is 4.38. The fourth-order valence-electron chi connectivity index (χ4n) is 1.49. The number of halogens is 1. The van der Waals surface area contributed by atoms with Gasteiger partial charge in [-0.2, -0.15) is 10.4 Å². The van der Waals surface area contributed by atoms with E-state index in [4.69, 9.17) is 21.3 Å². The van der Waals surface area contributed by atoms with E-state index in [2.05, 4.69) is 15.5 Å². The molecule has 20 heavy (non-hydrogen) atoms. The number of rotatable bonds is 4. The van der Waals surface area contributed by atoms with Crippen molar-refractivity contribution in [1.29, 1.82) is 5.26 Å². The summed E-state index contributed by atoms with van der Waals surface area (Å²) in [7, 11) is 0. The zero-order valence-electron chi connectivity index (χ0n) is 11.1. The Balaban J connectivity index is 2.13. The number of hydrazone groups is 1. The maximum Gasteiger partial charge on any atom is 0.252 e. The number of hydrogen-bond donors (Lipinski definition) is 1. The molecule has 2 rings (SSSR count). The van der Waals surface area contributed by atoms with Gasteiger partial charge in [0.05, 0.1) is 6.21 Å². The summed E-state index contributed by atoms with van der Waals surface area (Å²) in [6.45, 7) is 3.87. The Morgan fingerprint density at radius 2 is 2.30 bits per heavy atom. The SMILES string of the molecule is CC(C)c1nc(C#N)c(NN=Cc2cccc(Cl)c2)o1. The van der Waals surface area contributed by atoms with Crippen molar-refractivity contribution in [3.63, 3.8) is 0 Å². The predicted molar refractivity (Wildman–Crippen MR) is 78.0 cm³/mol. The number of anilines is 1. The standard InChI is InChI=1S/C14H13ClN4O/c1-9(2)13-18-12(7-16)14(20-13)19-17-8-10-4-3-5-11(15)6-10/h3-6,8-9,19H,1-2H3. The predicted octanol–water partition coefficient (Wildman–Crippen LogP) is 3.77. The molecule has 0 amide bonds. The molecule has 1 aromatic carbocycles. The summed E-state index contributed by atoms with van der Waals surface area (Å²) in [6, 6.07) is 9.22. The molecule has 0 bridgehead atoms. The van der Waals surface area contributed by atoms with Crippen LogP contribution in [-0.4, -0.2) is 11.2 Å². The Morgan fingerprint density at radius 1 is 1.50 bits per heavy atom. The number of oxazole rings is 1. The molecule has 1 heterocycles. The first-order valence-electron chi connectivity index (χ1n) is 6.05. The first-order valence-corrected chi connectivity index (χ1v) is 6.43. The van der Waals surface area contributed by atoms with Gasteiger partial charge in [0.2, 0.25) is 11.6 Å². The van der Waals surface area contributed by atoms with Gasteiger partial charge >= 0.3 is 0 Å². The zero-order valence-corrected chi connectivity index (χ0v) is 11.8. The Morgan fingerprint density at radius 3 is 2.95 bits per heavy atom. The molecule has 0 radical (unpaired) electrons. The van der Waals surface area contributed by atoms with Gasteiger partial charge < -0.3 is 4.42 Å². The quantitative estimate of drug-likeness (QED) is 0.686. The first-order chi connectivity index (χ1) is 9.60. The van der Waals surface area contributed by atoms with Crippen molar-refractivity contribution >= 4 is 23.7 Å². The fourth-order valence-corrected chi connectivity index (χ4v) is 1.69. The largest absolute Gasteiger partial charge is 0.422 e. The lowest BCUT2D eigenvalue weighted by Gasteiger charge is -1.97. The highest BCUT2D eigenvalue weighted by Crippen LogP contribution is 2.22. The molecule has 0 atom stereocenters. The molecule has 5 nitrogen and oxygen atoms in total. The molecular formula is C14H13ClN4O. The van der Waals surface area contributed by atoms with Crippen LogP contribution in [0.1, 0.15) is 36.9 Å². The molecule has 1 aromatic heterocycles.